The smallest absolute Gasteiger partial charge is 0.502 e. The Bertz CT molecular complexity index is 2730. The van der Waals surface area contributed by atoms with Crippen LogP contribution in [0.4, 0.5) is 11.6 Å². The van der Waals surface area contributed by atoms with Crippen LogP contribution in [0.15, 0.2) is 120 Å². The Balaban J connectivity index is 1.11. The number of hydrogen-bond donors (Lipinski definition) is 1. The average Bonchev–Trinajstić information content (AvgIpc) is 4.07. The molecule has 1 unspecified atom stereocenters. The highest BCUT2D eigenvalue weighted by Crippen LogP contribution is 2.49. The van der Waals surface area contributed by atoms with Crippen LogP contribution >= 0.6 is 0 Å². The van der Waals surface area contributed by atoms with Crippen LogP contribution in [0.3, 0.4) is 0 Å². The molecule has 12 rings (SSSR count). The standard InChI is InChI=1S/C48H52N12O4Si/c1-3-61-25-29-13-17-31(18-14-29)27-63-65(64-28-32-19-15-30(16-20-32)26-62-4-2)59-46-35-11-7-23-51-39(35)47(59)55-41-33-9-5-21-49-37(33)43(53-41)57-45-36-12-8-24-52-40(36)48(60(45)65)56-42-34-10-6-22-50-38(34)44(54-42)58-46/h3-4,7-8,11-12,21-24,29-32,47H,1-2,5-6,9-10,13-20,25-28H2,(H,53,55,57)/b56-42-,58-46-. The maximum Gasteiger partial charge on any atom is 0.599 e. The van der Waals surface area contributed by atoms with Crippen LogP contribution < -0.4 is 5.32 Å². The second-order valence-corrected chi connectivity index (χ2v) is 20.8. The SMILES string of the molecule is C=COCC1CCC(CO[Si]2(OCC3CCC(COC=C)CC3)N3/C4=N\C5=NC(=N\c6c7ncccc7c(n62)/N=C2\N=C(NC3c3ncccc34)C3=C2N=CCC3)/C2=C5N=CCC2)CC1. The number of nitrogens with zero attached hydrogens (tertiary/aromatic N) is 11. The Labute approximate surface area is 378 Å². The van der Waals surface area contributed by atoms with Gasteiger partial charge in [-0.25, -0.2) is 25.0 Å². The molecule has 17 heteroatoms. The average molecular weight is 889 g/mol. The van der Waals surface area contributed by atoms with Gasteiger partial charge in [-0.1, -0.05) is 13.2 Å². The summed E-state index contributed by atoms with van der Waals surface area (Å²) in [7, 11) is -4.22. The van der Waals surface area contributed by atoms with E-state index in [4.69, 9.17) is 63.2 Å². The summed E-state index contributed by atoms with van der Waals surface area (Å²) in [5, 5.41) is 4.73. The first kappa shape index (κ1) is 40.3. The quantitative estimate of drug-likeness (QED) is 0.140. The highest BCUT2D eigenvalue weighted by atomic mass is 28.4. The molecular weight excluding hydrogens is 837 g/mol. The summed E-state index contributed by atoms with van der Waals surface area (Å²) in [5.41, 5.74) is 5.75. The fourth-order valence-electron chi connectivity index (χ4n) is 10.9. The minimum atomic E-state index is -4.22. The molecule has 0 radical (unpaired) electrons. The van der Waals surface area contributed by atoms with Crippen molar-refractivity contribution in [1.29, 1.82) is 0 Å². The minimum absolute atomic E-state index is 0.266. The first-order chi connectivity index (χ1) is 32.1. The van der Waals surface area contributed by atoms with Crippen molar-refractivity contribution in [3.05, 3.63) is 96.1 Å². The Morgan fingerprint density at radius 3 is 1.95 bits per heavy atom. The third kappa shape index (κ3) is 6.88. The lowest BCUT2D eigenvalue weighted by Gasteiger charge is -2.44. The van der Waals surface area contributed by atoms with Crippen LogP contribution in [0.5, 0.6) is 0 Å². The fourth-order valence-corrected chi connectivity index (χ4v) is 14.5. The van der Waals surface area contributed by atoms with Crippen molar-refractivity contribution in [1.82, 2.24) is 24.1 Å². The molecule has 0 saturated heterocycles. The summed E-state index contributed by atoms with van der Waals surface area (Å²) in [5.74, 6) is 5.58. The lowest BCUT2D eigenvalue weighted by Crippen LogP contribution is -2.68. The van der Waals surface area contributed by atoms with E-state index < -0.39 is 15.0 Å². The van der Waals surface area contributed by atoms with Gasteiger partial charge in [0.1, 0.15) is 40.6 Å². The largest absolute Gasteiger partial charge is 0.599 e. The Kier molecular flexibility index (Phi) is 10.3. The molecule has 6 bridgehead atoms. The third-order valence-electron chi connectivity index (χ3n) is 14.3. The number of aromatic nitrogens is 3. The van der Waals surface area contributed by atoms with Gasteiger partial charge in [0.2, 0.25) is 0 Å². The van der Waals surface area contributed by atoms with Gasteiger partial charge in [0.05, 0.1) is 31.4 Å². The number of ether oxygens (including phenoxy) is 2. The van der Waals surface area contributed by atoms with Crippen molar-refractivity contribution >= 4 is 73.0 Å². The highest BCUT2D eigenvalue weighted by Gasteiger charge is 2.62. The number of fused-ring (bicyclic) bond motifs is 12. The number of amidine groups is 5. The van der Waals surface area contributed by atoms with Crippen LogP contribution in [0, 0.1) is 23.7 Å². The van der Waals surface area contributed by atoms with Gasteiger partial charge >= 0.3 is 8.88 Å². The predicted octanol–water partition coefficient (Wildman–Crippen LogP) is 8.18. The predicted molar refractivity (Wildman–Crippen MR) is 253 cm³/mol. The van der Waals surface area contributed by atoms with Gasteiger partial charge in [0, 0.05) is 60.1 Å². The highest BCUT2D eigenvalue weighted by molar-refractivity contribution is 6.68. The van der Waals surface area contributed by atoms with Crippen molar-refractivity contribution in [3.63, 3.8) is 0 Å². The van der Waals surface area contributed by atoms with Crippen LogP contribution in [0.2, 0.25) is 0 Å². The monoisotopic (exact) mass is 888 g/mol. The zero-order valence-electron chi connectivity index (χ0n) is 36.4. The van der Waals surface area contributed by atoms with Crippen molar-refractivity contribution in [2.45, 2.75) is 83.2 Å². The molecule has 0 spiro atoms. The van der Waals surface area contributed by atoms with Gasteiger partial charge in [0.15, 0.2) is 23.3 Å². The summed E-state index contributed by atoms with van der Waals surface area (Å²) in [4.78, 5) is 47.3. The minimum Gasteiger partial charge on any atom is -0.502 e. The molecule has 3 aromatic heterocycles. The van der Waals surface area contributed by atoms with E-state index >= 15 is 0 Å². The van der Waals surface area contributed by atoms with Crippen molar-refractivity contribution in [2.24, 2.45) is 58.6 Å². The summed E-state index contributed by atoms with van der Waals surface area (Å²) < 4.78 is 31.6. The van der Waals surface area contributed by atoms with Crippen LogP contribution in [0.25, 0.3) is 10.9 Å². The maximum atomic E-state index is 7.93. The summed E-state index contributed by atoms with van der Waals surface area (Å²) in [6, 6.07) is 8.07. The molecular formula is C48H52N12O4Si. The lowest BCUT2D eigenvalue weighted by atomic mass is 9.83. The van der Waals surface area contributed by atoms with E-state index in [-0.39, 0.29) is 11.8 Å². The second kappa shape index (κ2) is 16.7. The molecule has 2 saturated carbocycles. The first-order valence-corrected chi connectivity index (χ1v) is 25.0. The number of nitrogens with one attached hydrogen (secondary N) is 1. The van der Waals surface area contributed by atoms with E-state index in [1.165, 1.54) is 0 Å². The Morgan fingerprint density at radius 2 is 1.26 bits per heavy atom. The molecule has 0 amide bonds. The van der Waals surface area contributed by atoms with Gasteiger partial charge in [0.25, 0.3) is 0 Å². The van der Waals surface area contributed by atoms with Crippen molar-refractivity contribution in [3.8, 4) is 0 Å². The fraction of sp³-hybridized carbons (Fsp3) is 0.438. The molecule has 0 aromatic carbocycles. The van der Waals surface area contributed by atoms with E-state index in [2.05, 4.69) is 39.4 Å². The molecule has 10 heterocycles. The third-order valence-corrected chi connectivity index (χ3v) is 17.5. The lowest BCUT2D eigenvalue weighted by molar-refractivity contribution is 0.0542. The molecule has 1 N–H and O–H groups in total. The number of aliphatic imine (C=N–C) groups is 7. The number of hydrogen-bond acceptors (Lipinski definition) is 15. The second-order valence-electron chi connectivity index (χ2n) is 18.2. The van der Waals surface area contributed by atoms with Crippen LogP contribution in [-0.2, 0) is 18.3 Å². The zero-order chi connectivity index (χ0) is 43.5. The number of rotatable bonds is 12. The van der Waals surface area contributed by atoms with Crippen molar-refractivity contribution < 1.29 is 18.3 Å². The van der Waals surface area contributed by atoms with E-state index in [0.717, 1.165) is 116 Å². The Morgan fingerprint density at radius 1 is 0.662 bits per heavy atom. The molecule has 2 fully saturated rings. The van der Waals surface area contributed by atoms with E-state index in [1.54, 1.807) is 12.5 Å². The Hall–Kier alpha value is -6.17. The van der Waals surface area contributed by atoms with E-state index in [9.17, 15) is 0 Å². The topological polar surface area (TPSA) is 169 Å². The normalized spacial score (nSPS) is 30.7. The first-order valence-electron chi connectivity index (χ1n) is 23.3. The summed E-state index contributed by atoms with van der Waals surface area (Å²) >= 11 is 0. The zero-order valence-corrected chi connectivity index (χ0v) is 37.4. The molecule has 3 aromatic rings. The summed E-state index contributed by atoms with van der Waals surface area (Å²) in [6.45, 7) is 9.82. The maximum absolute atomic E-state index is 7.93. The van der Waals surface area contributed by atoms with Gasteiger partial charge in [-0.15, -0.1) is 0 Å². The molecule has 2 aliphatic carbocycles. The summed E-state index contributed by atoms with van der Waals surface area (Å²) in [6.07, 6.45) is 21.2. The van der Waals surface area contributed by atoms with Crippen LogP contribution in [0.1, 0.15) is 94.5 Å². The molecule has 7 aliphatic heterocycles. The van der Waals surface area contributed by atoms with Crippen molar-refractivity contribution in [2.75, 3.05) is 26.4 Å². The van der Waals surface area contributed by atoms with Gasteiger partial charge < -0.3 is 23.6 Å². The number of pyridine rings is 2. The molecule has 332 valence electrons. The molecule has 1 atom stereocenters. The van der Waals surface area contributed by atoms with Gasteiger partial charge in [-0.3, -0.25) is 28.8 Å². The van der Waals surface area contributed by atoms with E-state index in [0.29, 0.717) is 84.6 Å². The van der Waals surface area contributed by atoms with Gasteiger partial charge in [-0.05, 0) is 125 Å². The molecule has 16 nitrogen and oxygen atoms in total. The molecule has 9 aliphatic rings. The van der Waals surface area contributed by atoms with Gasteiger partial charge in [-0.2, -0.15) is 0 Å². The van der Waals surface area contributed by atoms with E-state index in [1.807, 2.05) is 37.0 Å². The van der Waals surface area contributed by atoms with Crippen LogP contribution in [-0.4, -0.2) is 95.7 Å². The molecule has 65 heavy (non-hydrogen) atoms.